The molecule has 4 aromatic rings. The molecule has 45 heavy (non-hydrogen) atoms. The van der Waals surface area contributed by atoms with Crippen LogP contribution in [0.2, 0.25) is 5.02 Å². The first kappa shape index (κ1) is 32.0. The van der Waals surface area contributed by atoms with E-state index >= 15 is 0 Å². The van der Waals surface area contributed by atoms with Crippen LogP contribution in [0.4, 0.5) is 17.1 Å². The zero-order valence-corrected chi connectivity index (χ0v) is 27.0. The highest BCUT2D eigenvalue weighted by atomic mass is 35.5. The van der Waals surface area contributed by atoms with Gasteiger partial charge in [0.2, 0.25) is 0 Å². The van der Waals surface area contributed by atoms with E-state index in [4.69, 9.17) is 16.3 Å². The van der Waals surface area contributed by atoms with Gasteiger partial charge in [-0.15, -0.1) is 11.3 Å². The quantitative estimate of drug-likeness (QED) is 0.206. The van der Waals surface area contributed by atoms with E-state index in [1.807, 2.05) is 6.92 Å². The Balaban J connectivity index is 1.17. The molecule has 1 fully saturated rings. The minimum Gasteiger partial charge on any atom is -0.379 e. The molecule has 5 heterocycles. The maximum absolute atomic E-state index is 13.1. The van der Waals surface area contributed by atoms with Crippen molar-refractivity contribution in [3.63, 3.8) is 0 Å². The average Bonchev–Trinajstić information content (AvgIpc) is 3.75. The summed E-state index contributed by atoms with van der Waals surface area (Å²) in [6.45, 7) is 6.16. The average molecular weight is 655 g/mol. The Morgan fingerprint density at radius 1 is 0.778 bits per heavy atom. The molecule has 1 saturated heterocycles. The van der Waals surface area contributed by atoms with Gasteiger partial charge in [-0.05, 0) is 36.1 Å². The SMILES string of the molecule is Cc1csc(C(=O)Nc2cc(C(=O)Nc3cc(C(=O)Nc4cc(C(=O)NCCN5CCOCC5)n(C)c4)n(C)c3)n(C)c2)c1Cl. The summed E-state index contributed by atoms with van der Waals surface area (Å²) in [6.07, 6.45) is 4.92. The molecule has 5 rings (SSSR count). The van der Waals surface area contributed by atoms with Gasteiger partial charge in [0.1, 0.15) is 22.0 Å². The lowest BCUT2D eigenvalue weighted by Gasteiger charge is -2.26. The van der Waals surface area contributed by atoms with Gasteiger partial charge in [-0.25, -0.2) is 0 Å². The van der Waals surface area contributed by atoms with Crippen molar-refractivity contribution in [2.24, 2.45) is 21.1 Å². The number of carbonyl (C=O) groups excluding carboxylic acids is 4. The second-order valence-electron chi connectivity index (χ2n) is 10.8. The van der Waals surface area contributed by atoms with Crippen LogP contribution in [0.15, 0.2) is 42.2 Å². The molecule has 4 amide bonds. The van der Waals surface area contributed by atoms with Crippen molar-refractivity contribution in [3.8, 4) is 0 Å². The Hall–Kier alpha value is -4.37. The summed E-state index contributed by atoms with van der Waals surface area (Å²) in [5.41, 5.74) is 3.15. The predicted octanol–water partition coefficient (Wildman–Crippen LogP) is 3.54. The third-order valence-corrected chi connectivity index (χ3v) is 9.10. The largest absolute Gasteiger partial charge is 0.379 e. The van der Waals surface area contributed by atoms with E-state index in [9.17, 15) is 19.2 Å². The summed E-state index contributed by atoms with van der Waals surface area (Å²) in [6, 6.07) is 4.74. The molecule has 0 atom stereocenters. The van der Waals surface area contributed by atoms with Gasteiger partial charge in [0, 0.05) is 65.9 Å². The second-order valence-corrected chi connectivity index (χ2v) is 12.1. The van der Waals surface area contributed by atoms with E-state index in [-0.39, 0.29) is 11.8 Å². The molecule has 1 aliphatic rings. The molecule has 0 aromatic carbocycles. The van der Waals surface area contributed by atoms with Crippen molar-refractivity contribution in [1.29, 1.82) is 0 Å². The molecular weight excluding hydrogens is 620 g/mol. The predicted molar refractivity (Wildman–Crippen MR) is 174 cm³/mol. The number of aryl methyl sites for hydroxylation is 4. The Labute approximate surface area is 269 Å². The van der Waals surface area contributed by atoms with Crippen molar-refractivity contribution in [3.05, 3.63) is 74.7 Å². The van der Waals surface area contributed by atoms with E-state index in [0.29, 0.717) is 63.8 Å². The monoisotopic (exact) mass is 654 g/mol. The Morgan fingerprint density at radius 2 is 1.24 bits per heavy atom. The topological polar surface area (TPSA) is 144 Å². The van der Waals surface area contributed by atoms with Crippen LogP contribution in [0.3, 0.4) is 0 Å². The minimum atomic E-state index is -0.423. The van der Waals surface area contributed by atoms with Crippen LogP contribution in [-0.4, -0.2) is 81.6 Å². The third-order valence-electron chi connectivity index (χ3n) is 7.41. The number of anilines is 3. The Morgan fingerprint density at radius 3 is 1.71 bits per heavy atom. The molecule has 4 aromatic heterocycles. The molecule has 1 aliphatic heterocycles. The number of hydrogen-bond acceptors (Lipinski definition) is 7. The van der Waals surface area contributed by atoms with E-state index < -0.39 is 11.8 Å². The number of thiophene rings is 1. The van der Waals surface area contributed by atoms with Crippen molar-refractivity contribution >= 4 is 63.6 Å². The Bertz CT molecular complexity index is 1750. The first-order valence-electron chi connectivity index (χ1n) is 14.2. The van der Waals surface area contributed by atoms with E-state index in [1.165, 1.54) is 11.3 Å². The van der Waals surface area contributed by atoms with Crippen LogP contribution in [-0.2, 0) is 25.9 Å². The first-order chi connectivity index (χ1) is 21.5. The van der Waals surface area contributed by atoms with Gasteiger partial charge < -0.3 is 39.7 Å². The van der Waals surface area contributed by atoms with Gasteiger partial charge in [0.25, 0.3) is 23.6 Å². The molecule has 0 aliphatic carbocycles. The molecule has 0 radical (unpaired) electrons. The minimum absolute atomic E-state index is 0.232. The number of aromatic nitrogens is 3. The van der Waals surface area contributed by atoms with Crippen LogP contribution in [0, 0.1) is 6.92 Å². The number of morpholine rings is 1. The summed E-state index contributed by atoms with van der Waals surface area (Å²) in [4.78, 5) is 54.2. The standard InChI is InChI=1S/C30H35ClN8O5S/c1-18-17-45-26(25(18)31)30(43)35-21-13-24(38(4)16-21)29(42)34-20-12-23(37(3)15-20)28(41)33-19-11-22(36(2)14-19)27(40)32-5-6-39-7-9-44-10-8-39/h11-17H,5-10H2,1-4H3,(H,32,40)(H,33,41)(H,34,42)(H,35,43). The van der Waals surface area contributed by atoms with Gasteiger partial charge in [-0.2, -0.15) is 0 Å². The normalized spacial score (nSPS) is 13.4. The summed E-state index contributed by atoms with van der Waals surface area (Å²) in [5, 5.41) is 13.5. The van der Waals surface area contributed by atoms with E-state index in [2.05, 4.69) is 26.2 Å². The molecule has 0 bridgehead atoms. The summed E-state index contributed by atoms with van der Waals surface area (Å²) >= 11 is 7.47. The zero-order valence-electron chi connectivity index (χ0n) is 25.4. The molecule has 238 valence electrons. The van der Waals surface area contributed by atoms with Crippen molar-refractivity contribution < 1.29 is 23.9 Å². The number of hydrogen-bond donors (Lipinski definition) is 4. The van der Waals surface area contributed by atoms with Gasteiger partial charge in [0.05, 0.1) is 35.3 Å². The highest BCUT2D eigenvalue weighted by Crippen LogP contribution is 2.28. The van der Waals surface area contributed by atoms with Crippen LogP contribution in [0.5, 0.6) is 0 Å². The fourth-order valence-corrected chi connectivity index (χ4v) is 6.15. The third kappa shape index (κ3) is 7.48. The Kier molecular flexibility index (Phi) is 9.77. The summed E-state index contributed by atoms with van der Waals surface area (Å²) in [7, 11) is 5.12. The number of ether oxygens (including phenoxy) is 1. The smallest absolute Gasteiger partial charge is 0.272 e. The number of rotatable bonds is 10. The van der Waals surface area contributed by atoms with Gasteiger partial charge >= 0.3 is 0 Å². The first-order valence-corrected chi connectivity index (χ1v) is 15.5. The maximum atomic E-state index is 13.1. The van der Waals surface area contributed by atoms with Gasteiger partial charge in [-0.1, -0.05) is 11.6 Å². The number of nitrogens with zero attached hydrogens (tertiary/aromatic N) is 4. The molecule has 15 heteroatoms. The lowest BCUT2D eigenvalue weighted by molar-refractivity contribution is 0.0383. The van der Waals surface area contributed by atoms with E-state index in [0.717, 1.165) is 25.2 Å². The summed E-state index contributed by atoms with van der Waals surface area (Å²) < 4.78 is 10.2. The molecule has 4 N–H and O–H groups in total. The van der Waals surface area contributed by atoms with Crippen molar-refractivity contribution in [2.45, 2.75) is 6.92 Å². The highest BCUT2D eigenvalue weighted by Gasteiger charge is 2.20. The number of nitrogens with one attached hydrogen (secondary N) is 4. The zero-order chi connectivity index (χ0) is 32.2. The number of halogens is 1. The summed E-state index contributed by atoms with van der Waals surface area (Å²) in [5.74, 6) is -1.42. The molecule has 0 spiro atoms. The number of amides is 4. The molecular formula is C30H35ClN8O5S. The lowest BCUT2D eigenvalue weighted by Crippen LogP contribution is -2.41. The van der Waals surface area contributed by atoms with Crippen molar-refractivity contribution in [2.75, 3.05) is 55.3 Å². The second kappa shape index (κ2) is 13.7. The highest BCUT2D eigenvalue weighted by molar-refractivity contribution is 7.13. The van der Waals surface area contributed by atoms with Gasteiger partial charge in [0.15, 0.2) is 0 Å². The maximum Gasteiger partial charge on any atom is 0.272 e. The van der Waals surface area contributed by atoms with Crippen LogP contribution in [0.25, 0.3) is 0 Å². The van der Waals surface area contributed by atoms with Crippen LogP contribution < -0.4 is 21.3 Å². The fourth-order valence-electron chi connectivity index (χ4n) is 4.98. The number of carbonyl (C=O) groups is 4. The van der Waals surface area contributed by atoms with Crippen LogP contribution >= 0.6 is 22.9 Å². The van der Waals surface area contributed by atoms with Crippen LogP contribution in [0.1, 0.15) is 46.7 Å². The molecule has 13 nitrogen and oxygen atoms in total. The lowest BCUT2D eigenvalue weighted by atomic mass is 10.3. The fraction of sp³-hybridized carbons (Fsp3) is 0.333. The van der Waals surface area contributed by atoms with E-state index in [1.54, 1.807) is 77.0 Å². The molecule has 0 saturated carbocycles. The van der Waals surface area contributed by atoms with Crippen molar-refractivity contribution in [1.82, 2.24) is 23.9 Å². The van der Waals surface area contributed by atoms with Gasteiger partial charge in [-0.3, -0.25) is 24.1 Å². The molecule has 0 unspecified atom stereocenters.